The van der Waals surface area contributed by atoms with Crippen LogP contribution in [0.5, 0.6) is 0 Å². The van der Waals surface area contributed by atoms with E-state index in [9.17, 15) is 0 Å². The first-order valence-corrected chi connectivity index (χ1v) is 8.68. The van der Waals surface area contributed by atoms with Gasteiger partial charge in [0.05, 0.1) is 0 Å². The first-order chi connectivity index (χ1) is 9.23. The van der Waals surface area contributed by atoms with Crippen LogP contribution in [0.4, 0.5) is 0 Å². The minimum atomic E-state index is 0.631. The molecule has 19 heavy (non-hydrogen) atoms. The van der Waals surface area contributed by atoms with Crippen molar-refractivity contribution in [3.05, 3.63) is 0 Å². The van der Waals surface area contributed by atoms with Gasteiger partial charge in [0.15, 0.2) is 0 Å². The first kappa shape index (κ1) is 15.3. The summed E-state index contributed by atoms with van der Waals surface area (Å²) in [5.74, 6) is 0.943. The molecule has 1 N–H and O–H groups in total. The van der Waals surface area contributed by atoms with Crippen LogP contribution in [0, 0.1) is 11.3 Å². The quantitative estimate of drug-likeness (QED) is 0.756. The molecule has 0 aromatic heterocycles. The van der Waals surface area contributed by atoms with Crippen LogP contribution in [0.25, 0.3) is 0 Å². The van der Waals surface area contributed by atoms with E-state index < -0.39 is 0 Å². The average Bonchev–Trinajstić information content (AvgIpc) is 3.08. The highest BCUT2D eigenvalue weighted by Gasteiger charge is 2.36. The van der Waals surface area contributed by atoms with Gasteiger partial charge in [-0.1, -0.05) is 33.6 Å². The normalized spacial score (nSPS) is 26.1. The molecular weight excluding hydrogens is 232 g/mol. The summed E-state index contributed by atoms with van der Waals surface area (Å²) >= 11 is 0. The van der Waals surface area contributed by atoms with E-state index in [1.54, 1.807) is 0 Å². The van der Waals surface area contributed by atoms with E-state index in [0.717, 1.165) is 18.5 Å². The third-order valence-electron chi connectivity index (χ3n) is 5.91. The molecule has 1 saturated heterocycles. The van der Waals surface area contributed by atoms with Crippen LogP contribution in [-0.2, 0) is 0 Å². The van der Waals surface area contributed by atoms with Gasteiger partial charge >= 0.3 is 0 Å². The van der Waals surface area contributed by atoms with Crippen LogP contribution in [0.15, 0.2) is 0 Å². The first-order valence-electron chi connectivity index (χ1n) is 8.68. The molecule has 1 aliphatic heterocycles. The third kappa shape index (κ3) is 3.72. The van der Waals surface area contributed by atoms with Crippen molar-refractivity contribution in [3.63, 3.8) is 0 Å². The fourth-order valence-corrected chi connectivity index (χ4v) is 4.29. The van der Waals surface area contributed by atoms with Gasteiger partial charge in [-0.05, 0) is 56.5 Å². The standard InChI is InChI=1S/C17H34N2/c1-4-17(5-2)11-12-19(14-17)13-16(18-6-3)15-9-7-8-10-15/h15-16,18H,4-14H2,1-3H3. The molecule has 1 aliphatic carbocycles. The molecule has 1 atom stereocenters. The number of hydrogen-bond acceptors (Lipinski definition) is 2. The van der Waals surface area contributed by atoms with E-state index in [1.165, 1.54) is 64.6 Å². The smallest absolute Gasteiger partial charge is 0.0223 e. The number of likely N-dealkylation sites (N-methyl/N-ethyl adjacent to an activating group) is 1. The molecule has 1 unspecified atom stereocenters. The minimum Gasteiger partial charge on any atom is -0.313 e. The summed E-state index contributed by atoms with van der Waals surface area (Å²) in [5.41, 5.74) is 0.631. The summed E-state index contributed by atoms with van der Waals surface area (Å²) in [5, 5.41) is 3.77. The fourth-order valence-electron chi connectivity index (χ4n) is 4.29. The molecule has 2 nitrogen and oxygen atoms in total. The average molecular weight is 266 g/mol. The topological polar surface area (TPSA) is 15.3 Å². The molecule has 0 bridgehead atoms. The summed E-state index contributed by atoms with van der Waals surface area (Å²) in [6.07, 6.45) is 9.96. The Hall–Kier alpha value is -0.0800. The predicted octanol–water partition coefficient (Wildman–Crippen LogP) is 3.67. The Morgan fingerprint density at radius 1 is 1.16 bits per heavy atom. The van der Waals surface area contributed by atoms with Crippen molar-refractivity contribution in [1.82, 2.24) is 10.2 Å². The molecule has 2 heteroatoms. The van der Waals surface area contributed by atoms with E-state index >= 15 is 0 Å². The largest absolute Gasteiger partial charge is 0.313 e. The molecule has 2 rings (SSSR count). The fraction of sp³-hybridized carbons (Fsp3) is 1.00. The van der Waals surface area contributed by atoms with Crippen LogP contribution in [-0.4, -0.2) is 37.1 Å². The zero-order valence-electron chi connectivity index (χ0n) is 13.4. The number of hydrogen-bond donors (Lipinski definition) is 1. The highest BCUT2D eigenvalue weighted by molar-refractivity contribution is 4.91. The second-order valence-electron chi connectivity index (χ2n) is 6.90. The Labute approximate surface area is 120 Å². The van der Waals surface area contributed by atoms with E-state index in [1.807, 2.05) is 0 Å². The summed E-state index contributed by atoms with van der Waals surface area (Å²) < 4.78 is 0. The van der Waals surface area contributed by atoms with Crippen LogP contribution < -0.4 is 5.32 Å². The van der Waals surface area contributed by atoms with Gasteiger partial charge in [0.25, 0.3) is 0 Å². The van der Waals surface area contributed by atoms with Gasteiger partial charge < -0.3 is 10.2 Å². The summed E-state index contributed by atoms with van der Waals surface area (Å²) in [6.45, 7) is 12.1. The molecule has 0 aromatic rings. The van der Waals surface area contributed by atoms with Crippen LogP contribution in [0.3, 0.4) is 0 Å². The number of rotatable bonds is 7. The Kier molecular flexibility index (Phi) is 5.70. The van der Waals surface area contributed by atoms with Crippen LogP contribution in [0.1, 0.15) is 65.7 Å². The molecule has 112 valence electrons. The highest BCUT2D eigenvalue weighted by Crippen LogP contribution is 2.37. The number of likely N-dealkylation sites (tertiary alicyclic amines) is 1. The van der Waals surface area contributed by atoms with E-state index in [-0.39, 0.29) is 0 Å². The monoisotopic (exact) mass is 266 g/mol. The summed E-state index contributed by atoms with van der Waals surface area (Å²) in [4.78, 5) is 2.75. The zero-order valence-corrected chi connectivity index (χ0v) is 13.4. The zero-order chi connectivity index (χ0) is 13.7. The van der Waals surface area contributed by atoms with Gasteiger partial charge in [0.1, 0.15) is 0 Å². The van der Waals surface area contributed by atoms with E-state index in [0.29, 0.717) is 5.41 Å². The second-order valence-corrected chi connectivity index (χ2v) is 6.90. The van der Waals surface area contributed by atoms with Crippen molar-refractivity contribution < 1.29 is 0 Å². The molecule has 0 radical (unpaired) electrons. The molecule has 0 aromatic carbocycles. The van der Waals surface area contributed by atoms with Gasteiger partial charge in [0, 0.05) is 19.1 Å². The number of nitrogens with zero attached hydrogens (tertiary/aromatic N) is 1. The summed E-state index contributed by atoms with van der Waals surface area (Å²) in [6, 6.07) is 0.747. The lowest BCUT2D eigenvalue weighted by Gasteiger charge is -2.31. The lowest BCUT2D eigenvalue weighted by molar-refractivity contribution is 0.204. The maximum absolute atomic E-state index is 3.77. The van der Waals surface area contributed by atoms with Gasteiger partial charge in [-0.25, -0.2) is 0 Å². The Morgan fingerprint density at radius 3 is 2.37 bits per heavy atom. The highest BCUT2D eigenvalue weighted by atomic mass is 15.2. The van der Waals surface area contributed by atoms with Gasteiger partial charge in [0.2, 0.25) is 0 Å². The molecular formula is C17H34N2. The van der Waals surface area contributed by atoms with Crippen molar-refractivity contribution in [2.24, 2.45) is 11.3 Å². The molecule has 2 fully saturated rings. The van der Waals surface area contributed by atoms with E-state index in [4.69, 9.17) is 0 Å². The van der Waals surface area contributed by atoms with Gasteiger partial charge in [-0.3, -0.25) is 0 Å². The summed E-state index contributed by atoms with van der Waals surface area (Å²) in [7, 11) is 0. The lowest BCUT2D eigenvalue weighted by Crippen LogP contribution is -2.44. The van der Waals surface area contributed by atoms with Crippen molar-refractivity contribution in [2.75, 3.05) is 26.2 Å². The van der Waals surface area contributed by atoms with Crippen molar-refractivity contribution in [2.45, 2.75) is 71.8 Å². The van der Waals surface area contributed by atoms with Crippen LogP contribution >= 0.6 is 0 Å². The van der Waals surface area contributed by atoms with Crippen LogP contribution in [0.2, 0.25) is 0 Å². The van der Waals surface area contributed by atoms with Crippen molar-refractivity contribution in [3.8, 4) is 0 Å². The Balaban J connectivity index is 1.87. The maximum Gasteiger partial charge on any atom is 0.0223 e. The Bertz CT molecular complexity index is 254. The maximum atomic E-state index is 3.77. The third-order valence-corrected chi connectivity index (χ3v) is 5.91. The van der Waals surface area contributed by atoms with E-state index in [2.05, 4.69) is 31.0 Å². The van der Waals surface area contributed by atoms with Crippen molar-refractivity contribution >= 4 is 0 Å². The molecule has 2 aliphatic rings. The molecule has 0 amide bonds. The lowest BCUT2D eigenvalue weighted by atomic mass is 9.82. The predicted molar refractivity (Wildman–Crippen MR) is 83.5 cm³/mol. The minimum absolute atomic E-state index is 0.631. The molecule has 0 spiro atoms. The van der Waals surface area contributed by atoms with Crippen molar-refractivity contribution in [1.29, 1.82) is 0 Å². The van der Waals surface area contributed by atoms with Gasteiger partial charge in [-0.15, -0.1) is 0 Å². The SMILES string of the molecule is CCNC(CN1CCC(CC)(CC)C1)C1CCCC1. The molecule has 1 heterocycles. The molecule has 1 saturated carbocycles. The second kappa shape index (κ2) is 7.08. The van der Waals surface area contributed by atoms with Gasteiger partial charge in [-0.2, -0.15) is 0 Å². The Morgan fingerprint density at radius 2 is 1.84 bits per heavy atom. The number of nitrogens with one attached hydrogen (secondary N) is 1.